The van der Waals surface area contributed by atoms with Crippen molar-refractivity contribution in [2.24, 2.45) is 0 Å². The molecule has 98 valence electrons. The lowest BCUT2D eigenvalue weighted by Gasteiger charge is -2.18. The molecule has 0 saturated carbocycles. The molecule has 1 aromatic rings. The van der Waals surface area contributed by atoms with Crippen LogP contribution in [0.25, 0.3) is 0 Å². The van der Waals surface area contributed by atoms with E-state index in [1.165, 1.54) is 0 Å². The molecule has 2 rings (SSSR count). The van der Waals surface area contributed by atoms with Crippen LogP contribution < -0.4 is 4.31 Å². The van der Waals surface area contributed by atoms with Crippen molar-refractivity contribution in [2.75, 3.05) is 10.8 Å². The summed E-state index contributed by atoms with van der Waals surface area (Å²) in [5, 5.41) is 8.76. The number of halogens is 2. The predicted octanol–water partition coefficient (Wildman–Crippen LogP) is 0.695. The molecule has 0 bridgehead atoms. The number of nitrogens with zero attached hydrogens (tertiary/aromatic N) is 2. The van der Waals surface area contributed by atoms with Crippen LogP contribution in [0.15, 0.2) is 12.3 Å². The number of aromatic carboxylic acids is 1. The number of fused-ring (bicyclic) bond motifs is 1. The highest BCUT2D eigenvalue weighted by molar-refractivity contribution is 7.93. The van der Waals surface area contributed by atoms with E-state index in [0.717, 1.165) is 12.3 Å². The molecule has 1 aliphatic heterocycles. The van der Waals surface area contributed by atoms with Crippen molar-refractivity contribution in [3.8, 4) is 0 Å². The molecule has 9 heteroatoms. The number of hydrogen-bond donors (Lipinski definition) is 1. The first-order chi connectivity index (χ1) is 8.34. The first-order valence-electron chi connectivity index (χ1n) is 4.86. The topological polar surface area (TPSA) is 87.6 Å². The maximum atomic E-state index is 12.5. The van der Waals surface area contributed by atoms with Crippen LogP contribution in [-0.4, -0.2) is 36.8 Å². The highest BCUT2D eigenvalue weighted by Gasteiger charge is 2.37. The Morgan fingerprint density at radius 3 is 2.72 bits per heavy atom. The van der Waals surface area contributed by atoms with Gasteiger partial charge in [0, 0.05) is 19.2 Å². The molecule has 18 heavy (non-hydrogen) atoms. The lowest BCUT2D eigenvalue weighted by atomic mass is 10.2. The molecule has 0 amide bonds. The second-order valence-corrected chi connectivity index (χ2v) is 5.45. The molecule has 1 aliphatic rings. The van der Waals surface area contributed by atoms with Crippen molar-refractivity contribution in [3.63, 3.8) is 0 Å². The van der Waals surface area contributed by atoms with E-state index in [0.29, 0.717) is 10.00 Å². The van der Waals surface area contributed by atoms with E-state index in [9.17, 15) is 22.0 Å². The van der Waals surface area contributed by atoms with Crippen molar-refractivity contribution >= 4 is 21.7 Å². The summed E-state index contributed by atoms with van der Waals surface area (Å²) in [7, 11) is -4.77. The summed E-state index contributed by atoms with van der Waals surface area (Å²) in [6, 6.07) is 1.04. The van der Waals surface area contributed by atoms with E-state index in [1.807, 2.05) is 0 Å². The van der Waals surface area contributed by atoms with Crippen LogP contribution in [-0.2, 0) is 16.4 Å². The van der Waals surface area contributed by atoms with Crippen LogP contribution in [0.5, 0.6) is 0 Å². The summed E-state index contributed by atoms with van der Waals surface area (Å²) in [5.41, 5.74) is -0.0375. The van der Waals surface area contributed by atoms with Gasteiger partial charge in [0.25, 0.3) is 10.0 Å². The molecule has 0 saturated heterocycles. The molecule has 0 unspecified atom stereocenters. The Morgan fingerprint density at radius 1 is 1.50 bits per heavy atom. The quantitative estimate of drug-likeness (QED) is 0.879. The third-order valence-corrected chi connectivity index (χ3v) is 3.99. The van der Waals surface area contributed by atoms with Crippen LogP contribution in [0.2, 0.25) is 0 Å². The maximum absolute atomic E-state index is 12.5. The average molecular weight is 278 g/mol. The summed E-state index contributed by atoms with van der Waals surface area (Å²) < 4.78 is 48.2. The summed E-state index contributed by atoms with van der Waals surface area (Å²) in [5.74, 6) is -4.84. The third-order valence-electron chi connectivity index (χ3n) is 2.55. The fraction of sp³-hybridized carbons (Fsp3) is 0.333. The van der Waals surface area contributed by atoms with Crippen molar-refractivity contribution < 1.29 is 27.1 Å². The zero-order chi connectivity index (χ0) is 13.5. The van der Waals surface area contributed by atoms with E-state index < -0.39 is 21.8 Å². The van der Waals surface area contributed by atoms with E-state index in [2.05, 4.69) is 4.98 Å². The van der Waals surface area contributed by atoms with Gasteiger partial charge in [-0.3, -0.25) is 9.29 Å². The van der Waals surface area contributed by atoms with Crippen molar-refractivity contribution in [1.29, 1.82) is 0 Å². The van der Waals surface area contributed by atoms with Crippen LogP contribution in [0, 0.1) is 0 Å². The normalized spacial score (nSPS) is 14.9. The van der Waals surface area contributed by atoms with Crippen LogP contribution >= 0.6 is 0 Å². The van der Waals surface area contributed by atoms with E-state index in [1.54, 1.807) is 0 Å². The number of alkyl halides is 2. The standard InChI is InChI=1S/C9H8F2N2O4S/c10-9(11)18(16,17)13-2-1-6-7(13)3-5(4-12-6)8(14)15/h3-4,9H,1-2H2,(H,14,15). The number of pyridine rings is 1. The zero-order valence-corrected chi connectivity index (χ0v) is 9.69. The fourth-order valence-electron chi connectivity index (χ4n) is 1.70. The summed E-state index contributed by atoms with van der Waals surface area (Å²) in [6.07, 6.45) is 1.25. The smallest absolute Gasteiger partial charge is 0.355 e. The Balaban J connectivity index is 2.50. The minimum atomic E-state index is -4.77. The molecule has 1 aromatic heterocycles. The molecule has 0 aliphatic carbocycles. The first kappa shape index (κ1) is 12.7. The Labute approximate surface area is 101 Å². The summed E-state index contributed by atoms with van der Waals surface area (Å²) >= 11 is 0. The number of carbonyl (C=O) groups is 1. The van der Waals surface area contributed by atoms with Crippen LogP contribution in [0.3, 0.4) is 0 Å². The summed E-state index contributed by atoms with van der Waals surface area (Å²) in [4.78, 5) is 14.5. The molecule has 0 radical (unpaired) electrons. The fourth-order valence-corrected chi connectivity index (χ4v) is 2.67. The lowest BCUT2D eigenvalue weighted by molar-refractivity contribution is 0.0696. The number of aromatic nitrogens is 1. The second-order valence-electron chi connectivity index (χ2n) is 3.62. The molecule has 6 nitrogen and oxygen atoms in total. The third kappa shape index (κ3) is 1.90. The second kappa shape index (κ2) is 4.16. The maximum Gasteiger partial charge on any atom is 0.355 e. The molecular formula is C9H8F2N2O4S. The van der Waals surface area contributed by atoms with Crippen LogP contribution in [0.1, 0.15) is 16.1 Å². The minimum absolute atomic E-state index is 0.0878. The Kier molecular flexibility index (Phi) is 2.93. The Bertz CT molecular complexity index is 603. The van der Waals surface area contributed by atoms with Gasteiger partial charge in [-0.05, 0) is 6.07 Å². The highest BCUT2D eigenvalue weighted by atomic mass is 32.2. The molecule has 0 spiro atoms. The number of rotatable bonds is 3. The molecule has 0 fully saturated rings. The Hall–Kier alpha value is -1.77. The van der Waals surface area contributed by atoms with Gasteiger partial charge in [-0.1, -0.05) is 0 Å². The average Bonchev–Trinajstić information content (AvgIpc) is 2.71. The van der Waals surface area contributed by atoms with Gasteiger partial charge in [-0.15, -0.1) is 0 Å². The van der Waals surface area contributed by atoms with Gasteiger partial charge >= 0.3 is 11.7 Å². The summed E-state index contributed by atoms with van der Waals surface area (Å²) in [6.45, 7) is -0.155. The lowest BCUT2D eigenvalue weighted by Crippen LogP contribution is -2.34. The van der Waals surface area contributed by atoms with E-state index in [4.69, 9.17) is 5.11 Å². The molecule has 0 atom stereocenters. The SMILES string of the molecule is O=C(O)c1cnc2c(c1)N(S(=O)(=O)C(F)F)CC2. The van der Waals surface area contributed by atoms with Gasteiger partial charge in [-0.25, -0.2) is 13.2 Å². The Morgan fingerprint density at radius 2 is 2.17 bits per heavy atom. The van der Waals surface area contributed by atoms with Crippen molar-refractivity contribution in [1.82, 2.24) is 4.98 Å². The first-order valence-corrected chi connectivity index (χ1v) is 6.36. The molecule has 2 heterocycles. The molecule has 1 N–H and O–H groups in total. The van der Waals surface area contributed by atoms with Gasteiger partial charge in [0.05, 0.1) is 16.9 Å². The van der Waals surface area contributed by atoms with Gasteiger partial charge in [0.15, 0.2) is 0 Å². The number of carboxylic acid groups (broad SMARTS) is 1. The number of sulfonamides is 1. The highest BCUT2D eigenvalue weighted by Crippen LogP contribution is 2.31. The number of hydrogen-bond acceptors (Lipinski definition) is 4. The van der Waals surface area contributed by atoms with Crippen molar-refractivity contribution in [2.45, 2.75) is 12.2 Å². The van der Waals surface area contributed by atoms with Crippen molar-refractivity contribution in [3.05, 3.63) is 23.5 Å². The molecule has 0 aromatic carbocycles. The zero-order valence-electron chi connectivity index (χ0n) is 8.88. The number of anilines is 1. The van der Waals surface area contributed by atoms with Gasteiger partial charge in [0.1, 0.15) is 0 Å². The van der Waals surface area contributed by atoms with Gasteiger partial charge in [-0.2, -0.15) is 8.78 Å². The largest absolute Gasteiger partial charge is 0.478 e. The van der Waals surface area contributed by atoms with E-state index in [-0.39, 0.29) is 24.2 Å². The predicted molar refractivity (Wildman–Crippen MR) is 57.2 cm³/mol. The van der Waals surface area contributed by atoms with E-state index >= 15 is 0 Å². The molecular weight excluding hydrogens is 270 g/mol. The van der Waals surface area contributed by atoms with Crippen LogP contribution in [0.4, 0.5) is 14.5 Å². The van der Waals surface area contributed by atoms with Gasteiger partial charge < -0.3 is 5.11 Å². The monoisotopic (exact) mass is 278 g/mol. The number of carboxylic acids is 1. The minimum Gasteiger partial charge on any atom is -0.478 e. The van der Waals surface area contributed by atoms with Gasteiger partial charge in [0.2, 0.25) is 0 Å².